The summed E-state index contributed by atoms with van der Waals surface area (Å²) in [5.74, 6) is 3.27. The van der Waals surface area contributed by atoms with Gasteiger partial charge in [0.2, 0.25) is 0 Å². The van der Waals surface area contributed by atoms with E-state index < -0.39 is 0 Å². The standard InChI is InChI=1S/C23H24N6O/c1-17-16-21(29-23(24-17)25-22(26-29)18-6-4-3-5-7-18)28-14-12-27(13-15-28)19-8-10-20(30-2)11-9-19/h3-11,16H,12-15H2,1-2H3. The fourth-order valence-electron chi connectivity index (χ4n) is 3.89. The first-order chi connectivity index (χ1) is 14.7. The van der Waals surface area contributed by atoms with Gasteiger partial charge in [-0.2, -0.15) is 9.50 Å². The maximum Gasteiger partial charge on any atom is 0.254 e. The van der Waals surface area contributed by atoms with Gasteiger partial charge in [0.1, 0.15) is 11.6 Å². The molecule has 1 aliphatic heterocycles. The van der Waals surface area contributed by atoms with Crippen LogP contribution < -0.4 is 14.5 Å². The zero-order valence-electron chi connectivity index (χ0n) is 17.2. The minimum atomic E-state index is 0.640. The molecule has 0 amide bonds. The molecule has 4 aromatic rings. The van der Waals surface area contributed by atoms with Crippen LogP contribution >= 0.6 is 0 Å². The molecule has 0 bridgehead atoms. The summed E-state index contributed by atoms with van der Waals surface area (Å²) in [5.41, 5.74) is 3.16. The molecule has 2 aromatic heterocycles. The Morgan fingerprint density at radius 1 is 0.833 bits per heavy atom. The number of anilines is 2. The van der Waals surface area contributed by atoms with E-state index in [2.05, 4.69) is 38.0 Å². The summed E-state index contributed by atoms with van der Waals surface area (Å²) in [6, 6.07) is 20.4. The van der Waals surface area contributed by atoms with Gasteiger partial charge in [-0.1, -0.05) is 30.3 Å². The highest BCUT2D eigenvalue weighted by atomic mass is 16.5. The van der Waals surface area contributed by atoms with Crippen LogP contribution in [0.25, 0.3) is 17.2 Å². The number of ether oxygens (including phenoxy) is 1. The number of methoxy groups -OCH3 is 1. The Hall–Kier alpha value is -3.61. The topological polar surface area (TPSA) is 58.8 Å². The lowest BCUT2D eigenvalue weighted by Crippen LogP contribution is -2.47. The highest BCUT2D eigenvalue weighted by Gasteiger charge is 2.21. The summed E-state index contributed by atoms with van der Waals surface area (Å²) in [4.78, 5) is 14.0. The van der Waals surface area contributed by atoms with E-state index in [1.54, 1.807) is 7.11 Å². The van der Waals surface area contributed by atoms with E-state index in [0.717, 1.165) is 49.0 Å². The first-order valence-electron chi connectivity index (χ1n) is 10.1. The third-order valence-electron chi connectivity index (χ3n) is 5.49. The van der Waals surface area contributed by atoms with Gasteiger partial charge in [-0.3, -0.25) is 0 Å². The molecule has 0 atom stereocenters. The van der Waals surface area contributed by atoms with Crippen LogP contribution in [0.5, 0.6) is 5.75 Å². The van der Waals surface area contributed by atoms with E-state index >= 15 is 0 Å². The Labute approximate surface area is 175 Å². The van der Waals surface area contributed by atoms with Crippen LogP contribution in [0.2, 0.25) is 0 Å². The number of benzene rings is 2. The van der Waals surface area contributed by atoms with Crippen molar-refractivity contribution in [3.8, 4) is 17.1 Å². The van der Waals surface area contributed by atoms with Crippen molar-refractivity contribution >= 4 is 17.3 Å². The zero-order chi connectivity index (χ0) is 20.5. The summed E-state index contributed by atoms with van der Waals surface area (Å²) in [6.07, 6.45) is 0. The van der Waals surface area contributed by atoms with Crippen molar-refractivity contribution in [3.63, 3.8) is 0 Å². The molecule has 3 heterocycles. The van der Waals surface area contributed by atoms with Crippen molar-refractivity contribution in [2.24, 2.45) is 0 Å². The molecular formula is C23H24N6O. The van der Waals surface area contributed by atoms with E-state index in [9.17, 15) is 0 Å². The second-order valence-electron chi connectivity index (χ2n) is 7.44. The van der Waals surface area contributed by atoms with Crippen LogP contribution in [0.4, 0.5) is 11.5 Å². The summed E-state index contributed by atoms with van der Waals surface area (Å²) in [6.45, 7) is 5.70. The van der Waals surface area contributed by atoms with Gasteiger partial charge < -0.3 is 14.5 Å². The smallest absolute Gasteiger partial charge is 0.254 e. The molecule has 0 saturated carbocycles. The third-order valence-corrected chi connectivity index (χ3v) is 5.49. The minimum absolute atomic E-state index is 0.640. The monoisotopic (exact) mass is 400 g/mol. The highest BCUT2D eigenvalue weighted by Crippen LogP contribution is 2.24. The number of nitrogens with zero attached hydrogens (tertiary/aromatic N) is 6. The number of aromatic nitrogens is 4. The van der Waals surface area contributed by atoms with Crippen molar-refractivity contribution < 1.29 is 4.74 Å². The van der Waals surface area contributed by atoms with E-state index in [1.807, 2.05) is 53.9 Å². The molecule has 1 saturated heterocycles. The first-order valence-corrected chi connectivity index (χ1v) is 10.1. The van der Waals surface area contributed by atoms with Crippen LogP contribution in [0.3, 0.4) is 0 Å². The molecule has 7 heteroatoms. The molecule has 0 spiro atoms. The molecule has 0 radical (unpaired) electrons. The predicted molar refractivity (Wildman–Crippen MR) is 118 cm³/mol. The van der Waals surface area contributed by atoms with Gasteiger partial charge in [-0.25, -0.2) is 4.98 Å². The molecule has 30 heavy (non-hydrogen) atoms. The average Bonchev–Trinajstić information content (AvgIpc) is 3.23. The minimum Gasteiger partial charge on any atom is -0.497 e. The van der Waals surface area contributed by atoms with Crippen LogP contribution in [0, 0.1) is 6.92 Å². The van der Waals surface area contributed by atoms with Gasteiger partial charge in [0.25, 0.3) is 5.78 Å². The summed E-state index contributed by atoms with van der Waals surface area (Å²) in [5, 5.41) is 4.77. The Morgan fingerprint density at radius 2 is 1.53 bits per heavy atom. The highest BCUT2D eigenvalue weighted by molar-refractivity contribution is 5.59. The van der Waals surface area contributed by atoms with Gasteiger partial charge in [-0.15, -0.1) is 5.10 Å². The maximum absolute atomic E-state index is 5.27. The Balaban J connectivity index is 1.40. The summed E-state index contributed by atoms with van der Waals surface area (Å²) in [7, 11) is 1.69. The lowest BCUT2D eigenvalue weighted by molar-refractivity contribution is 0.415. The Kier molecular flexibility index (Phi) is 4.71. The molecule has 7 nitrogen and oxygen atoms in total. The maximum atomic E-state index is 5.27. The number of rotatable bonds is 4. The number of hydrogen-bond acceptors (Lipinski definition) is 6. The van der Waals surface area contributed by atoms with Crippen molar-refractivity contribution in [1.82, 2.24) is 19.6 Å². The predicted octanol–water partition coefficient (Wildman–Crippen LogP) is 3.43. The normalized spacial score (nSPS) is 14.3. The second-order valence-corrected chi connectivity index (χ2v) is 7.44. The molecule has 0 unspecified atom stereocenters. The van der Waals surface area contributed by atoms with Crippen LogP contribution in [-0.4, -0.2) is 52.9 Å². The molecule has 1 aliphatic rings. The molecule has 5 rings (SSSR count). The number of hydrogen-bond donors (Lipinski definition) is 0. The second kappa shape index (κ2) is 7.67. The SMILES string of the molecule is COc1ccc(N2CCN(c3cc(C)nc4nc(-c5ccccc5)nn34)CC2)cc1. The lowest BCUT2D eigenvalue weighted by atomic mass is 10.2. The van der Waals surface area contributed by atoms with Crippen molar-refractivity contribution in [3.05, 3.63) is 66.4 Å². The first kappa shape index (κ1) is 18.4. The lowest BCUT2D eigenvalue weighted by Gasteiger charge is -2.37. The Morgan fingerprint density at radius 3 is 2.23 bits per heavy atom. The van der Waals surface area contributed by atoms with Crippen LogP contribution in [-0.2, 0) is 0 Å². The molecule has 0 N–H and O–H groups in total. The van der Waals surface area contributed by atoms with Crippen molar-refractivity contribution in [2.45, 2.75) is 6.92 Å². The molecule has 152 valence electrons. The van der Waals surface area contributed by atoms with Gasteiger partial charge in [0, 0.05) is 49.2 Å². The van der Waals surface area contributed by atoms with E-state index in [4.69, 9.17) is 9.84 Å². The van der Waals surface area contributed by atoms with E-state index in [0.29, 0.717) is 11.6 Å². The van der Waals surface area contributed by atoms with E-state index in [1.165, 1.54) is 5.69 Å². The zero-order valence-corrected chi connectivity index (χ0v) is 17.2. The summed E-state index contributed by atoms with van der Waals surface area (Å²) < 4.78 is 7.14. The third kappa shape index (κ3) is 3.43. The number of fused-ring (bicyclic) bond motifs is 1. The fraction of sp³-hybridized carbons (Fsp3) is 0.261. The van der Waals surface area contributed by atoms with Crippen LogP contribution in [0.1, 0.15) is 5.69 Å². The number of piperazine rings is 1. The quantitative estimate of drug-likeness (QED) is 0.523. The fourth-order valence-corrected chi connectivity index (χ4v) is 3.89. The molecule has 0 aliphatic carbocycles. The largest absolute Gasteiger partial charge is 0.497 e. The van der Waals surface area contributed by atoms with Crippen molar-refractivity contribution in [1.29, 1.82) is 0 Å². The van der Waals surface area contributed by atoms with Gasteiger partial charge in [0.05, 0.1) is 7.11 Å². The van der Waals surface area contributed by atoms with Gasteiger partial charge in [0.15, 0.2) is 5.82 Å². The van der Waals surface area contributed by atoms with E-state index in [-0.39, 0.29) is 0 Å². The average molecular weight is 400 g/mol. The number of aryl methyl sites for hydroxylation is 1. The van der Waals surface area contributed by atoms with Gasteiger partial charge in [-0.05, 0) is 31.2 Å². The van der Waals surface area contributed by atoms with Gasteiger partial charge >= 0.3 is 0 Å². The molecular weight excluding hydrogens is 376 g/mol. The Bertz CT molecular complexity index is 1150. The van der Waals surface area contributed by atoms with Crippen molar-refractivity contribution in [2.75, 3.05) is 43.1 Å². The molecule has 2 aromatic carbocycles. The summed E-state index contributed by atoms with van der Waals surface area (Å²) >= 11 is 0. The van der Waals surface area contributed by atoms with Crippen LogP contribution in [0.15, 0.2) is 60.7 Å². The molecule has 1 fully saturated rings.